The van der Waals surface area contributed by atoms with E-state index in [2.05, 4.69) is 21.3 Å². The Labute approximate surface area is 231 Å². The summed E-state index contributed by atoms with van der Waals surface area (Å²) in [5.41, 5.74) is -0.0760. The molecule has 1 aliphatic rings. The van der Waals surface area contributed by atoms with E-state index >= 15 is 0 Å². The van der Waals surface area contributed by atoms with Crippen LogP contribution < -0.4 is 21.3 Å². The van der Waals surface area contributed by atoms with Gasteiger partial charge in [-0.1, -0.05) is 77.6 Å². The van der Waals surface area contributed by atoms with Gasteiger partial charge in [0.15, 0.2) is 5.81 Å². The van der Waals surface area contributed by atoms with Crippen molar-refractivity contribution in [2.45, 2.75) is 104 Å². The van der Waals surface area contributed by atoms with Crippen LogP contribution in [0.25, 0.3) is 0 Å². The Balaban J connectivity index is 1.99. The van der Waals surface area contributed by atoms with Crippen LogP contribution in [0.4, 0.5) is 13.6 Å². The van der Waals surface area contributed by atoms with Gasteiger partial charge in [0.2, 0.25) is 25.0 Å². The van der Waals surface area contributed by atoms with E-state index in [1.165, 1.54) is 19.4 Å². The van der Waals surface area contributed by atoms with Crippen LogP contribution in [0.1, 0.15) is 84.6 Å². The highest BCUT2D eigenvalue weighted by Crippen LogP contribution is 2.26. The third-order valence-corrected chi connectivity index (χ3v) is 6.60. The molecule has 1 aromatic carbocycles. The van der Waals surface area contributed by atoms with Crippen LogP contribution in [0, 0.1) is 17.0 Å². The summed E-state index contributed by atoms with van der Waals surface area (Å²) in [4.78, 5) is 51.1. The fourth-order valence-corrected chi connectivity index (χ4v) is 4.30. The fraction of sp³-hybridized carbons (Fsp3) is 0.643. The van der Waals surface area contributed by atoms with Crippen molar-refractivity contribution in [1.82, 2.24) is 21.3 Å². The first-order valence-corrected chi connectivity index (χ1v) is 13.8. The quantitative estimate of drug-likeness (QED) is 0.314. The number of amides is 4. The summed E-state index contributed by atoms with van der Waals surface area (Å²) in [5.74, 6) is -3.52. The summed E-state index contributed by atoms with van der Waals surface area (Å²) >= 11 is 0. The number of rotatable bonds is 11. The average Bonchev–Trinajstić information content (AvgIpc) is 2.82. The van der Waals surface area contributed by atoms with Crippen LogP contribution >= 0.6 is 0 Å². The van der Waals surface area contributed by atoms with Crippen molar-refractivity contribution in [3.05, 3.63) is 35.4 Å². The minimum Gasteiger partial charge on any atom is -0.355 e. The van der Waals surface area contributed by atoms with Gasteiger partial charge in [-0.25, -0.2) is 8.78 Å². The van der Waals surface area contributed by atoms with E-state index in [4.69, 9.17) is 0 Å². The summed E-state index contributed by atoms with van der Waals surface area (Å²) in [7, 11) is 1.60. The molecule has 0 aliphatic heterocycles. The molecular formula is C28H42BF2N4O4. The molecule has 2 atom stereocenters. The predicted octanol–water partition coefficient (Wildman–Crippen LogP) is 3.95. The van der Waals surface area contributed by atoms with E-state index in [1.807, 2.05) is 20.8 Å². The van der Waals surface area contributed by atoms with E-state index in [0.29, 0.717) is 6.54 Å². The fourth-order valence-electron chi connectivity index (χ4n) is 4.30. The minimum absolute atomic E-state index is 0.0914. The Bertz CT molecular complexity index is 994. The number of benzene rings is 1. The molecule has 4 N–H and O–H groups in total. The Kier molecular flexibility index (Phi) is 12.9. The van der Waals surface area contributed by atoms with Crippen LogP contribution in [-0.2, 0) is 20.9 Å². The standard InChI is InChI=1S/C28H42BF2N4O4/c1-18(25(37)32-16-19-12-13-21(30)14-22(19)31)34-26(38)23(15-24(36)33-17-28(2,3)4)35-27(39)29-20-10-8-6-5-7-9-11-20/h12-14,18,20,23H,5-11,15-17H2,1-4H3,(H,32,37)(H,33,36)(H,34,38)(H,35,39)/t18-,23-/m0/s1. The number of hydrogen-bond donors (Lipinski definition) is 4. The van der Waals surface area contributed by atoms with Crippen molar-refractivity contribution < 1.29 is 28.0 Å². The second-order valence-corrected chi connectivity index (χ2v) is 11.6. The van der Waals surface area contributed by atoms with Crippen LogP contribution in [0.5, 0.6) is 0 Å². The molecule has 1 aromatic rings. The third-order valence-electron chi connectivity index (χ3n) is 6.60. The van der Waals surface area contributed by atoms with Gasteiger partial charge < -0.3 is 21.3 Å². The highest BCUT2D eigenvalue weighted by atomic mass is 19.1. The summed E-state index contributed by atoms with van der Waals surface area (Å²) in [6.45, 7) is 7.51. The van der Waals surface area contributed by atoms with Gasteiger partial charge in [0.1, 0.15) is 23.7 Å². The summed E-state index contributed by atoms with van der Waals surface area (Å²) < 4.78 is 27.0. The monoisotopic (exact) mass is 547 g/mol. The van der Waals surface area contributed by atoms with Crippen molar-refractivity contribution in [2.75, 3.05) is 6.54 Å². The highest BCUT2D eigenvalue weighted by molar-refractivity contribution is 6.74. The lowest BCUT2D eigenvalue weighted by Gasteiger charge is -2.24. The SMILES string of the molecule is C[C@H](NC(=O)[C@H](CC(=O)NCC(C)(C)C)NC(=O)[B]C1CCCCCCC1)C(=O)NCc1ccc(F)cc1F. The zero-order valence-corrected chi connectivity index (χ0v) is 23.5. The summed E-state index contributed by atoms with van der Waals surface area (Å²) in [6, 6.07) is 0.807. The lowest BCUT2D eigenvalue weighted by molar-refractivity contribution is -0.131. The molecule has 1 aliphatic carbocycles. The Morgan fingerprint density at radius 3 is 2.21 bits per heavy atom. The van der Waals surface area contributed by atoms with Crippen LogP contribution in [0.2, 0.25) is 5.82 Å². The molecule has 39 heavy (non-hydrogen) atoms. The van der Waals surface area contributed by atoms with E-state index < -0.39 is 47.2 Å². The molecule has 1 radical (unpaired) electrons. The predicted molar refractivity (Wildman–Crippen MR) is 147 cm³/mol. The summed E-state index contributed by atoms with van der Waals surface area (Å²) in [6.07, 6.45) is 7.09. The van der Waals surface area contributed by atoms with Gasteiger partial charge in [-0.05, 0) is 18.4 Å². The Morgan fingerprint density at radius 1 is 0.949 bits per heavy atom. The highest BCUT2D eigenvalue weighted by Gasteiger charge is 2.28. The minimum atomic E-state index is -1.19. The van der Waals surface area contributed by atoms with E-state index in [1.54, 1.807) is 7.28 Å². The van der Waals surface area contributed by atoms with Gasteiger partial charge in [-0.15, -0.1) is 0 Å². The van der Waals surface area contributed by atoms with Crippen molar-refractivity contribution in [1.29, 1.82) is 0 Å². The molecular weight excluding hydrogens is 505 g/mol. The number of carbonyl (C=O) groups is 4. The molecule has 8 nitrogen and oxygen atoms in total. The van der Waals surface area contributed by atoms with Crippen LogP contribution in [-0.4, -0.2) is 49.4 Å². The van der Waals surface area contributed by atoms with Gasteiger partial charge in [-0.3, -0.25) is 19.2 Å². The average molecular weight is 547 g/mol. The molecule has 0 saturated heterocycles. The maximum absolute atomic E-state index is 13.9. The van der Waals surface area contributed by atoms with Crippen LogP contribution in [0.15, 0.2) is 18.2 Å². The van der Waals surface area contributed by atoms with Crippen molar-refractivity contribution in [2.24, 2.45) is 5.41 Å². The third kappa shape index (κ3) is 12.6. The molecule has 0 unspecified atom stereocenters. The van der Waals surface area contributed by atoms with Gasteiger partial charge in [0.05, 0.1) is 6.42 Å². The van der Waals surface area contributed by atoms with Gasteiger partial charge in [-0.2, -0.15) is 0 Å². The molecule has 1 fully saturated rings. The zero-order valence-electron chi connectivity index (χ0n) is 23.5. The maximum atomic E-state index is 13.9. The Morgan fingerprint density at radius 2 is 1.59 bits per heavy atom. The summed E-state index contributed by atoms with van der Waals surface area (Å²) in [5, 5.41) is 10.5. The van der Waals surface area contributed by atoms with Gasteiger partial charge in [0.25, 0.3) is 0 Å². The molecule has 0 heterocycles. The topological polar surface area (TPSA) is 116 Å². The zero-order chi connectivity index (χ0) is 29.0. The number of hydrogen-bond acceptors (Lipinski definition) is 4. The normalized spacial score (nSPS) is 16.2. The number of nitrogens with one attached hydrogen (secondary N) is 4. The molecule has 2 rings (SSSR count). The van der Waals surface area contributed by atoms with Crippen molar-refractivity contribution >= 4 is 30.8 Å². The van der Waals surface area contributed by atoms with Crippen LogP contribution in [0.3, 0.4) is 0 Å². The van der Waals surface area contributed by atoms with E-state index in [-0.39, 0.29) is 29.8 Å². The molecule has 4 amide bonds. The second kappa shape index (κ2) is 15.6. The number of carbonyl (C=O) groups excluding carboxylic acids is 4. The number of halogens is 2. The molecule has 0 bridgehead atoms. The van der Waals surface area contributed by atoms with Crippen molar-refractivity contribution in [3.8, 4) is 0 Å². The first kappa shape index (κ1) is 32.2. The molecule has 215 valence electrons. The largest absolute Gasteiger partial charge is 0.355 e. The van der Waals surface area contributed by atoms with Gasteiger partial charge in [0, 0.05) is 24.7 Å². The maximum Gasteiger partial charge on any atom is 0.243 e. The second-order valence-electron chi connectivity index (χ2n) is 11.6. The van der Waals surface area contributed by atoms with E-state index in [0.717, 1.165) is 50.7 Å². The van der Waals surface area contributed by atoms with E-state index in [9.17, 15) is 28.0 Å². The van der Waals surface area contributed by atoms with Crippen molar-refractivity contribution in [3.63, 3.8) is 0 Å². The molecule has 0 aromatic heterocycles. The molecule has 11 heteroatoms. The first-order chi connectivity index (χ1) is 18.3. The van der Waals surface area contributed by atoms with Gasteiger partial charge >= 0.3 is 0 Å². The lowest BCUT2D eigenvalue weighted by Crippen LogP contribution is -2.54. The molecule has 0 spiro atoms. The first-order valence-electron chi connectivity index (χ1n) is 13.8. The molecule has 1 saturated carbocycles. The lowest BCUT2D eigenvalue weighted by atomic mass is 9.59. The smallest absolute Gasteiger partial charge is 0.243 e. The Hall–Kier alpha value is -2.98.